The highest BCUT2D eigenvalue weighted by Crippen LogP contribution is 2.57. The van der Waals surface area contributed by atoms with Gasteiger partial charge < -0.3 is 19.8 Å². The third-order valence-electron chi connectivity index (χ3n) is 12.8. The smallest absolute Gasteiger partial charge is 0.237 e. The Morgan fingerprint density at radius 2 is 1.00 bits per heavy atom. The van der Waals surface area contributed by atoms with E-state index in [9.17, 15) is 9.59 Å². The van der Waals surface area contributed by atoms with Gasteiger partial charge in [0.2, 0.25) is 11.8 Å². The van der Waals surface area contributed by atoms with Crippen LogP contribution in [-0.4, -0.2) is 91.6 Å². The summed E-state index contributed by atoms with van der Waals surface area (Å²) >= 11 is 0. The number of carbonyl (C=O) groups excluding carboxylic acids is 2. The Balaban J connectivity index is 0.902. The highest BCUT2D eigenvalue weighted by Gasteiger charge is 2.61. The molecule has 4 atom stereocenters. The van der Waals surface area contributed by atoms with Crippen molar-refractivity contribution in [2.75, 3.05) is 40.3 Å². The first-order valence-corrected chi connectivity index (χ1v) is 19.7. The minimum Gasteiger partial charge on any atom is -0.343 e. The zero-order chi connectivity index (χ0) is 38.0. The molecular formula is C46H46N8O2. The molecule has 6 heterocycles. The van der Waals surface area contributed by atoms with E-state index in [4.69, 9.17) is 9.97 Å². The van der Waals surface area contributed by atoms with Crippen LogP contribution in [0.3, 0.4) is 0 Å². The fourth-order valence-corrected chi connectivity index (χ4v) is 10.4. The van der Waals surface area contributed by atoms with Gasteiger partial charge in [-0.1, -0.05) is 109 Å². The molecule has 2 aromatic heterocycles. The number of nitrogens with zero attached hydrogens (tertiary/aromatic N) is 6. The molecule has 4 aromatic carbocycles. The lowest BCUT2D eigenvalue weighted by Crippen LogP contribution is -2.50. The van der Waals surface area contributed by atoms with Crippen LogP contribution >= 0.6 is 0 Å². The van der Waals surface area contributed by atoms with Crippen LogP contribution in [0.5, 0.6) is 0 Å². The van der Waals surface area contributed by atoms with Gasteiger partial charge in [0.15, 0.2) is 0 Å². The van der Waals surface area contributed by atoms with Gasteiger partial charge in [-0.15, -0.1) is 0 Å². The normalized spacial score (nSPS) is 23.0. The fraction of sp³-hybridized carbons (Fsp3) is 0.304. The van der Waals surface area contributed by atoms with Crippen molar-refractivity contribution in [1.82, 2.24) is 39.5 Å². The number of hydrogen-bond acceptors (Lipinski definition) is 6. The Kier molecular flexibility index (Phi) is 8.30. The van der Waals surface area contributed by atoms with Crippen LogP contribution in [0.25, 0.3) is 11.1 Å². The van der Waals surface area contributed by atoms with Gasteiger partial charge in [-0.3, -0.25) is 19.4 Å². The number of nitrogens with one attached hydrogen (secondary N) is 2. The Morgan fingerprint density at radius 3 is 1.39 bits per heavy atom. The molecule has 10 heteroatoms. The number of H-pyrrole nitrogens is 2. The predicted octanol–water partition coefficient (Wildman–Crippen LogP) is 6.21. The van der Waals surface area contributed by atoms with Crippen LogP contribution < -0.4 is 0 Å². The molecular weight excluding hydrogens is 697 g/mol. The fourth-order valence-electron chi connectivity index (χ4n) is 10.4. The lowest BCUT2D eigenvalue weighted by molar-refractivity contribution is -0.136. The second kappa shape index (κ2) is 13.4. The van der Waals surface area contributed by atoms with E-state index < -0.39 is 11.1 Å². The molecule has 2 unspecified atom stereocenters. The van der Waals surface area contributed by atoms with E-state index in [1.807, 2.05) is 62.9 Å². The van der Waals surface area contributed by atoms with Crippen molar-refractivity contribution in [3.05, 3.63) is 167 Å². The largest absolute Gasteiger partial charge is 0.343 e. The van der Waals surface area contributed by atoms with Gasteiger partial charge in [0.25, 0.3) is 0 Å². The van der Waals surface area contributed by atoms with E-state index in [-0.39, 0.29) is 23.7 Å². The van der Waals surface area contributed by atoms with Crippen molar-refractivity contribution in [1.29, 1.82) is 0 Å². The third-order valence-corrected chi connectivity index (χ3v) is 12.8. The number of aromatic amines is 2. The zero-order valence-electron chi connectivity index (χ0n) is 31.9. The summed E-state index contributed by atoms with van der Waals surface area (Å²) in [7, 11) is 4.02. The summed E-state index contributed by atoms with van der Waals surface area (Å²) in [6.07, 6.45) is 5.64. The van der Waals surface area contributed by atoms with Crippen molar-refractivity contribution in [3.63, 3.8) is 0 Å². The average molecular weight is 743 g/mol. The standard InChI is InChI=1S/C46H46N8O2/c1-51(27-31-9-5-3-6-10-31)29-41(55)53-23-21-37-39-25-47-43(49-39)45(37,53)35-17-13-33(14-18-35)34-15-19-36(20-16-34)46-38(40-26-48-44(46)50-40)22-24-54(46)42(56)30-52(2)28-32-11-7-4-8-12-32/h3-20,25-26,37-38H,21-24,27-30H2,1-2H3,(H,47,49)(H,48,50)/t37?,38?,45-,46-/m1/s1. The number of likely N-dealkylation sites (N-methyl/N-ethyl adjacent to an activating group) is 2. The van der Waals surface area contributed by atoms with Gasteiger partial charge >= 0.3 is 0 Å². The molecule has 2 N–H and O–H groups in total. The molecule has 282 valence electrons. The van der Waals surface area contributed by atoms with Crippen LogP contribution in [0, 0.1) is 0 Å². The molecule has 10 nitrogen and oxygen atoms in total. The molecule has 2 fully saturated rings. The number of imidazole rings is 2. The van der Waals surface area contributed by atoms with Crippen molar-refractivity contribution < 1.29 is 9.59 Å². The zero-order valence-corrected chi connectivity index (χ0v) is 31.9. The summed E-state index contributed by atoms with van der Waals surface area (Å²) in [5.74, 6) is 2.22. The van der Waals surface area contributed by atoms with Crippen molar-refractivity contribution in [3.8, 4) is 11.1 Å². The van der Waals surface area contributed by atoms with Crippen molar-refractivity contribution in [2.24, 2.45) is 0 Å². The van der Waals surface area contributed by atoms with E-state index in [0.29, 0.717) is 39.3 Å². The number of carbonyl (C=O) groups is 2. The molecule has 0 saturated carbocycles. The average Bonchev–Trinajstić information content (AvgIpc) is 4.07. The van der Waals surface area contributed by atoms with E-state index in [1.54, 1.807) is 0 Å². The molecule has 0 radical (unpaired) electrons. The molecule has 4 aliphatic rings. The highest BCUT2D eigenvalue weighted by atomic mass is 16.2. The lowest BCUT2D eigenvalue weighted by atomic mass is 9.76. The summed E-state index contributed by atoms with van der Waals surface area (Å²) in [6.45, 7) is 3.45. The van der Waals surface area contributed by atoms with Gasteiger partial charge in [-0.2, -0.15) is 0 Å². The molecule has 0 spiro atoms. The molecule has 6 aromatic rings. The second-order valence-electron chi connectivity index (χ2n) is 16.2. The van der Waals surface area contributed by atoms with Gasteiger partial charge in [-0.25, -0.2) is 9.97 Å². The SMILES string of the molecule is CN(CC(=O)N1CCC2c3cnc([nH]3)[C@@]21c1ccc(-c2ccc([C@]34c5ncc([nH]5)C3CCN4C(=O)CN(C)Cc3ccccc3)cc2)cc1)Cc1ccccc1. The Hall–Kier alpha value is -5.84. The quantitative estimate of drug-likeness (QED) is 0.164. The Morgan fingerprint density at radius 1 is 0.607 bits per heavy atom. The van der Waals surface area contributed by atoms with E-state index >= 15 is 0 Å². The number of amides is 2. The predicted molar refractivity (Wildman–Crippen MR) is 214 cm³/mol. The van der Waals surface area contributed by atoms with Crippen molar-refractivity contribution >= 4 is 11.8 Å². The number of aromatic nitrogens is 4. The molecule has 4 bridgehead atoms. The summed E-state index contributed by atoms with van der Waals surface area (Å²) in [6, 6.07) is 38.0. The van der Waals surface area contributed by atoms with Crippen LogP contribution in [-0.2, 0) is 33.8 Å². The summed E-state index contributed by atoms with van der Waals surface area (Å²) in [5.41, 5.74) is 7.63. The first-order chi connectivity index (χ1) is 27.3. The van der Waals surface area contributed by atoms with Crippen molar-refractivity contribution in [2.45, 2.75) is 48.8 Å². The minimum absolute atomic E-state index is 0.110. The monoisotopic (exact) mass is 742 g/mol. The molecule has 10 rings (SSSR count). The van der Waals surface area contributed by atoms with Gasteiger partial charge in [0.1, 0.15) is 22.7 Å². The van der Waals surface area contributed by atoms with E-state index in [2.05, 4.69) is 102 Å². The Bertz CT molecular complexity index is 2220. The second-order valence-corrected chi connectivity index (χ2v) is 16.2. The summed E-state index contributed by atoms with van der Waals surface area (Å²) in [5, 5.41) is 0. The number of benzene rings is 4. The molecule has 2 saturated heterocycles. The molecule has 56 heavy (non-hydrogen) atoms. The first-order valence-electron chi connectivity index (χ1n) is 19.7. The maximum Gasteiger partial charge on any atom is 0.237 e. The topological polar surface area (TPSA) is 104 Å². The number of likely N-dealkylation sites (tertiary alicyclic amines) is 2. The van der Waals surface area contributed by atoms with E-state index in [1.165, 1.54) is 11.1 Å². The number of fused-ring (bicyclic) bond motifs is 10. The van der Waals surface area contributed by atoms with E-state index in [0.717, 1.165) is 58.1 Å². The van der Waals surface area contributed by atoms with Crippen LogP contribution in [0.2, 0.25) is 0 Å². The molecule has 0 aliphatic carbocycles. The number of rotatable bonds is 11. The lowest BCUT2D eigenvalue weighted by Gasteiger charge is -2.40. The summed E-state index contributed by atoms with van der Waals surface area (Å²) < 4.78 is 0. The van der Waals surface area contributed by atoms with Gasteiger partial charge in [-0.05, 0) is 60.3 Å². The highest BCUT2D eigenvalue weighted by molar-refractivity contribution is 5.82. The first kappa shape index (κ1) is 34.6. The minimum atomic E-state index is -0.636. The number of hydrogen-bond donors (Lipinski definition) is 2. The van der Waals surface area contributed by atoms with Gasteiger partial charge in [0.05, 0.1) is 13.1 Å². The third kappa shape index (κ3) is 5.30. The summed E-state index contributed by atoms with van der Waals surface area (Å²) in [4.78, 5) is 53.2. The molecule has 4 aliphatic heterocycles. The molecule has 2 amide bonds. The van der Waals surface area contributed by atoms with Gasteiger partial charge in [0, 0.05) is 61.8 Å². The van der Waals surface area contributed by atoms with Crippen LogP contribution in [0.1, 0.15) is 70.0 Å². The van der Waals surface area contributed by atoms with Crippen LogP contribution in [0.15, 0.2) is 122 Å². The maximum atomic E-state index is 14.1. The maximum absolute atomic E-state index is 14.1. The van der Waals surface area contributed by atoms with Crippen LogP contribution in [0.4, 0.5) is 0 Å². The Labute approximate surface area is 327 Å².